The highest BCUT2D eigenvalue weighted by molar-refractivity contribution is 5.79. The van der Waals surface area contributed by atoms with E-state index in [1.54, 1.807) is 0 Å². The quantitative estimate of drug-likeness (QED) is 0.765. The smallest absolute Gasteiger partial charge is 0.289 e. The standard InChI is InChI=1S/C21H31N5O2/c1-20(2)12-16(13-21(3,4)25(20)5)23-19(27)17(26-14-18(22)28-24-26)11-15-9-7-6-8-10-15/h6-10,14,16-17,22H,11-13H2,1-5H3,(H,23,27). The van der Waals surface area contributed by atoms with Crippen molar-refractivity contribution in [3.8, 4) is 0 Å². The number of carbonyl (C=O) groups excluding carboxylic acids is 1. The predicted octanol–water partition coefficient (Wildman–Crippen LogP) is 1.56. The normalized spacial score (nSPS) is 20.6. The van der Waals surface area contributed by atoms with E-state index in [0.717, 1.165) is 18.4 Å². The van der Waals surface area contributed by atoms with Gasteiger partial charge < -0.3 is 9.84 Å². The third kappa shape index (κ3) is 4.35. The second kappa shape index (κ2) is 7.54. The Morgan fingerprint density at radius 2 is 1.89 bits per heavy atom. The molecule has 1 aliphatic heterocycles. The summed E-state index contributed by atoms with van der Waals surface area (Å²) in [6.07, 6.45) is 3.70. The highest BCUT2D eigenvalue weighted by Crippen LogP contribution is 2.36. The molecule has 2 N–H and O–H groups in total. The van der Waals surface area contributed by atoms with E-state index in [1.807, 2.05) is 30.3 Å². The first-order chi connectivity index (χ1) is 13.1. The third-order valence-corrected chi connectivity index (χ3v) is 6.03. The summed E-state index contributed by atoms with van der Waals surface area (Å²) in [6.45, 7) is 8.86. The van der Waals surface area contributed by atoms with Crippen molar-refractivity contribution < 1.29 is 14.0 Å². The average Bonchev–Trinajstić information content (AvgIpc) is 3.04. The molecule has 0 bridgehead atoms. The molecule has 28 heavy (non-hydrogen) atoms. The molecule has 1 amide bonds. The molecular weight excluding hydrogens is 354 g/mol. The second-order valence-corrected chi connectivity index (χ2v) is 9.05. The molecule has 1 atom stereocenters. The van der Waals surface area contributed by atoms with Crippen molar-refractivity contribution in [2.24, 2.45) is 0 Å². The van der Waals surface area contributed by atoms with E-state index >= 15 is 0 Å². The van der Waals surface area contributed by atoms with E-state index in [4.69, 9.17) is 9.93 Å². The van der Waals surface area contributed by atoms with Crippen LogP contribution in [-0.2, 0) is 11.2 Å². The molecule has 0 aliphatic carbocycles. The zero-order chi connectivity index (χ0) is 20.5. The first-order valence-corrected chi connectivity index (χ1v) is 9.76. The minimum Gasteiger partial charge on any atom is -0.487 e. The topological polar surface area (TPSA) is 87.3 Å². The van der Waals surface area contributed by atoms with E-state index in [-0.39, 0.29) is 28.6 Å². The Bertz CT molecular complexity index is 850. The molecule has 1 saturated heterocycles. The van der Waals surface area contributed by atoms with Gasteiger partial charge in [-0.15, -0.1) is 0 Å². The maximum absolute atomic E-state index is 13.2. The lowest BCUT2D eigenvalue weighted by Crippen LogP contribution is -2.63. The monoisotopic (exact) mass is 385 g/mol. The Labute approximate surface area is 166 Å². The van der Waals surface area contributed by atoms with Crippen molar-refractivity contribution in [3.63, 3.8) is 0 Å². The van der Waals surface area contributed by atoms with Gasteiger partial charge in [-0.3, -0.25) is 20.4 Å². The maximum Gasteiger partial charge on any atom is 0.289 e. The molecule has 152 valence electrons. The van der Waals surface area contributed by atoms with Crippen LogP contribution in [0.2, 0.25) is 0 Å². The number of piperidine rings is 1. The molecule has 1 aromatic heterocycles. The van der Waals surface area contributed by atoms with Crippen LogP contribution < -0.4 is 20.8 Å². The predicted molar refractivity (Wildman–Crippen MR) is 104 cm³/mol. The molecule has 3 rings (SSSR count). The van der Waals surface area contributed by atoms with E-state index in [0.29, 0.717) is 6.42 Å². The highest BCUT2D eigenvalue weighted by Gasteiger charge is 2.44. The van der Waals surface area contributed by atoms with Crippen LogP contribution in [0.5, 0.6) is 0 Å². The van der Waals surface area contributed by atoms with Gasteiger partial charge in [-0.05, 0) is 53.1 Å². The zero-order valence-electron chi connectivity index (χ0n) is 17.4. The van der Waals surface area contributed by atoms with Gasteiger partial charge in [-0.2, -0.15) is 0 Å². The summed E-state index contributed by atoms with van der Waals surface area (Å²) >= 11 is 0. The van der Waals surface area contributed by atoms with Crippen molar-refractivity contribution in [1.82, 2.24) is 15.5 Å². The number of aromatic nitrogens is 2. The first-order valence-electron chi connectivity index (χ1n) is 9.76. The fourth-order valence-corrected chi connectivity index (χ4v) is 4.32. The summed E-state index contributed by atoms with van der Waals surface area (Å²) < 4.78 is 6.35. The molecule has 7 nitrogen and oxygen atoms in total. The van der Waals surface area contributed by atoms with E-state index < -0.39 is 6.04 Å². The van der Waals surface area contributed by atoms with Gasteiger partial charge in [0.1, 0.15) is 0 Å². The van der Waals surface area contributed by atoms with Crippen molar-refractivity contribution in [2.75, 3.05) is 7.05 Å². The molecule has 2 heterocycles. The van der Waals surface area contributed by atoms with Gasteiger partial charge in [0.15, 0.2) is 0 Å². The van der Waals surface area contributed by atoms with Crippen molar-refractivity contribution >= 4 is 5.91 Å². The summed E-state index contributed by atoms with van der Waals surface area (Å²) in [5, 5.41) is 14.8. The number of hydrogen-bond donors (Lipinski definition) is 2. The van der Waals surface area contributed by atoms with E-state index in [9.17, 15) is 4.79 Å². The summed E-state index contributed by atoms with van der Waals surface area (Å²) in [5.74, 6) is -0.0942. The molecule has 1 unspecified atom stereocenters. The minimum atomic E-state index is -0.559. The Morgan fingerprint density at radius 3 is 2.43 bits per heavy atom. The molecule has 1 aliphatic rings. The lowest BCUT2D eigenvalue weighted by atomic mass is 9.77. The van der Waals surface area contributed by atoms with E-state index in [2.05, 4.69) is 50.2 Å². The zero-order valence-corrected chi connectivity index (χ0v) is 17.4. The van der Waals surface area contributed by atoms with Gasteiger partial charge in [0, 0.05) is 23.5 Å². The molecule has 0 spiro atoms. The third-order valence-electron chi connectivity index (χ3n) is 6.03. The van der Waals surface area contributed by atoms with Crippen LogP contribution in [0.1, 0.15) is 52.1 Å². The van der Waals surface area contributed by atoms with Crippen LogP contribution in [0.4, 0.5) is 0 Å². The molecule has 2 aromatic rings. The minimum absolute atomic E-state index is 0.00992. The Hall–Kier alpha value is -2.41. The Kier molecular flexibility index (Phi) is 5.48. The maximum atomic E-state index is 13.2. The summed E-state index contributed by atoms with van der Waals surface area (Å²) in [4.78, 5) is 15.6. The van der Waals surface area contributed by atoms with Crippen LogP contribution >= 0.6 is 0 Å². The van der Waals surface area contributed by atoms with Crippen LogP contribution in [0.25, 0.3) is 0 Å². The number of hydrogen-bond acceptors (Lipinski definition) is 4. The van der Waals surface area contributed by atoms with Crippen LogP contribution in [-0.4, -0.2) is 35.0 Å². The van der Waals surface area contributed by atoms with Crippen LogP contribution in [0.3, 0.4) is 0 Å². The summed E-state index contributed by atoms with van der Waals surface area (Å²) in [6, 6.07) is 9.36. The molecule has 7 heteroatoms. The van der Waals surface area contributed by atoms with Gasteiger partial charge in [-0.1, -0.05) is 30.3 Å². The average molecular weight is 386 g/mol. The number of carbonyl (C=O) groups is 1. The number of amides is 1. The van der Waals surface area contributed by atoms with Crippen molar-refractivity contribution in [3.05, 3.63) is 47.6 Å². The number of nitrogens with zero attached hydrogens (tertiary/aromatic N) is 3. The second-order valence-electron chi connectivity index (χ2n) is 9.05. The summed E-state index contributed by atoms with van der Waals surface area (Å²) in [5.41, 5.74) is 0.953. The van der Waals surface area contributed by atoms with Crippen molar-refractivity contribution in [1.29, 1.82) is 5.41 Å². The van der Waals surface area contributed by atoms with Gasteiger partial charge in [0.05, 0.1) is 0 Å². The van der Waals surface area contributed by atoms with Gasteiger partial charge in [0.2, 0.25) is 12.2 Å². The largest absolute Gasteiger partial charge is 0.487 e. The van der Waals surface area contributed by atoms with E-state index in [1.165, 1.54) is 10.9 Å². The number of nitrogens with one attached hydrogen (secondary N) is 2. The fraction of sp³-hybridized carbons (Fsp3) is 0.571. The fourth-order valence-electron chi connectivity index (χ4n) is 4.32. The Balaban J connectivity index is 1.80. The molecular formula is C21H31N5O2. The van der Waals surface area contributed by atoms with Gasteiger partial charge >= 0.3 is 0 Å². The Morgan fingerprint density at radius 1 is 1.29 bits per heavy atom. The number of benzene rings is 1. The highest BCUT2D eigenvalue weighted by atomic mass is 16.5. The molecule has 0 saturated carbocycles. The van der Waals surface area contributed by atoms with Crippen LogP contribution in [0.15, 0.2) is 41.1 Å². The number of rotatable bonds is 5. The molecule has 1 aromatic carbocycles. The lowest BCUT2D eigenvalue weighted by Gasteiger charge is -2.53. The number of likely N-dealkylation sites (tertiary alicyclic amines) is 1. The van der Waals surface area contributed by atoms with Crippen LogP contribution in [0, 0.1) is 5.41 Å². The van der Waals surface area contributed by atoms with Gasteiger partial charge in [0.25, 0.3) is 11.5 Å². The van der Waals surface area contributed by atoms with Gasteiger partial charge in [-0.25, -0.2) is 4.68 Å². The molecule has 1 fully saturated rings. The summed E-state index contributed by atoms with van der Waals surface area (Å²) in [7, 11) is 2.15. The lowest BCUT2D eigenvalue weighted by molar-refractivity contribution is -0.778. The molecule has 0 radical (unpaired) electrons. The SMILES string of the molecule is CN1C(C)(C)CC(NC(=O)C(Cc2ccccc2)[n+]2cc(=N)o[n-]2)CC1(C)C. The first kappa shape index (κ1) is 20.3. The van der Waals surface area contributed by atoms with Crippen molar-refractivity contribution in [2.45, 2.75) is 70.1 Å².